The molecule has 0 aliphatic heterocycles. The number of nitrogen functional groups attached to an aromatic ring is 1. The van der Waals surface area contributed by atoms with Gasteiger partial charge in [-0.1, -0.05) is 0 Å². The third-order valence-electron chi connectivity index (χ3n) is 2.66. The van der Waals surface area contributed by atoms with E-state index in [1.165, 1.54) is 0 Å². The SMILES string of the molecule is CN(C(=O)c1cc(N)cn1C)C1CC1. The summed E-state index contributed by atoms with van der Waals surface area (Å²) in [6.07, 6.45) is 4.01. The van der Waals surface area contributed by atoms with Crippen LogP contribution in [0.3, 0.4) is 0 Å². The lowest BCUT2D eigenvalue weighted by molar-refractivity contribution is 0.0775. The van der Waals surface area contributed by atoms with Crippen LogP contribution in [0, 0.1) is 0 Å². The summed E-state index contributed by atoms with van der Waals surface area (Å²) >= 11 is 0. The zero-order chi connectivity index (χ0) is 10.3. The van der Waals surface area contributed by atoms with Gasteiger partial charge < -0.3 is 15.2 Å². The standard InChI is InChI=1S/C10H15N3O/c1-12-6-7(11)5-9(12)10(14)13(2)8-3-4-8/h5-6,8H,3-4,11H2,1-2H3. The monoisotopic (exact) mass is 193 g/mol. The van der Waals surface area contributed by atoms with Crippen molar-refractivity contribution in [1.29, 1.82) is 0 Å². The van der Waals surface area contributed by atoms with E-state index in [0.29, 0.717) is 17.4 Å². The Bertz CT molecular complexity index is 365. The third kappa shape index (κ3) is 1.47. The van der Waals surface area contributed by atoms with E-state index in [2.05, 4.69) is 0 Å². The molecular formula is C10H15N3O. The molecule has 1 aromatic heterocycles. The molecule has 0 bridgehead atoms. The van der Waals surface area contributed by atoms with Crippen LogP contribution in [-0.4, -0.2) is 28.5 Å². The van der Waals surface area contributed by atoms with Gasteiger partial charge in [0.2, 0.25) is 0 Å². The molecule has 1 heterocycles. The second-order valence-electron chi connectivity index (χ2n) is 3.92. The first-order valence-corrected chi connectivity index (χ1v) is 4.78. The highest BCUT2D eigenvalue weighted by Crippen LogP contribution is 2.27. The van der Waals surface area contributed by atoms with Crippen molar-refractivity contribution in [2.24, 2.45) is 7.05 Å². The van der Waals surface area contributed by atoms with Crippen molar-refractivity contribution in [2.75, 3.05) is 12.8 Å². The molecule has 1 saturated carbocycles. The number of hydrogen-bond donors (Lipinski definition) is 1. The average molecular weight is 193 g/mol. The van der Waals surface area contributed by atoms with Crippen LogP contribution in [0.25, 0.3) is 0 Å². The predicted octanol–water partition coefficient (Wildman–Crippen LogP) is 0.842. The molecule has 1 fully saturated rings. The van der Waals surface area contributed by atoms with Gasteiger partial charge in [0.05, 0.1) is 5.69 Å². The van der Waals surface area contributed by atoms with Crippen molar-refractivity contribution >= 4 is 11.6 Å². The second-order valence-corrected chi connectivity index (χ2v) is 3.92. The van der Waals surface area contributed by atoms with E-state index in [9.17, 15) is 4.79 Å². The maximum absolute atomic E-state index is 11.9. The molecule has 0 aromatic carbocycles. The average Bonchev–Trinajstić information content (AvgIpc) is 2.90. The highest BCUT2D eigenvalue weighted by atomic mass is 16.2. The summed E-state index contributed by atoms with van der Waals surface area (Å²) in [6.45, 7) is 0. The lowest BCUT2D eigenvalue weighted by Gasteiger charge is -2.16. The van der Waals surface area contributed by atoms with E-state index in [4.69, 9.17) is 5.73 Å². The molecule has 0 saturated heterocycles. The van der Waals surface area contributed by atoms with Crippen LogP contribution in [0.5, 0.6) is 0 Å². The van der Waals surface area contributed by atoms with Crippen molar-refractivity contribution in [2.45, 2.75) is 18.9 Å². The van der Waals surface area contributed by atoms with Gasteiger partial charge >= 0.3 is 0 Å². The number of nitrogens with zero attached hydrogens (tertiary/aromatic N) is 2. The minimum Gasteiger partial charge on any atom is -0.397 e. The van der Waals surface area contributed by atoms with Gasteiger partial charge in [0.15, 0.2) is 0 Å². The topological polar surface area (TPSA) is 51.3 Å². The Morgan fingerprint density at radius 1 is 1.64 bits per heavy atom. The van der Waals surface area contributed by atoms with Crippen LogP contribution >= 0.6 is 0 Å². The molecule has 76 valence electrons. The zero-order valence-corrected chi connectivity index (χ0v) is 8.53. The van der Waals surface area contributed by atoms with E-state index in [-0.39, 0.29) is 5.91 Å². The molecule has 0 spiro atoms. The lowest BCUT2D eigenvalue weighted by Crippen LogP contribution is -2.30. The molecule has 14 heavy (non-hydrogen) atoms. The van der Waals surface area contributed by atoms with Gasteiger partial charge in [-0.2, -0.15) is 0 Å². The first-order chi connectivity index (χ1) is 6.59. The van der Waals surface area contributed by atoms with Crippen molar-refractivity contribution in [1.82, 2.24) is 9.47 Å². The van der Waals surface area contributed by atoms with Crippen LogP contribution in [-0.2, 0) is 7.05 Å². The number of rotatable bonds is 2. The molecule has 1 aliphatic carbocycles. The number of carbonyl (C=O) groups excluding carboxylic acids is 1. The van der Waals surface area contributed by atoms with E-state index >= 15 is 0 Å². The Balaban J connectivity index is 2.21. The largest absolute Gasteiger partial charge is 0.397 e. The van der Waals surface area contributed by atoms with Crippen molar-refractivity contribution < 1.29 is 4.79 Å². The Hall–Kier alpha value is -1.45. The number of nitrogens with two attached hydrogens (primary N) is 1. The maximum Gasteiger partial charge on any atom is 0.270 e. The zero-order valence-electron chi connectivity index (χ0n) is 8.53. The van der Waals surface area contributed by atoms with Gasteiger partial charge in [0.25, 0.3) is 5.91 Å². The third-order valence-corrected chi connectivity index (χ3v) is 2.66. The lowest BCUT2D eigenvalue weighted by atomic mass is 10.3. The van der Waals surface area contributed by atoms with Gasteiger partial charge in [0.1, 0.15) is 5.69 Å². The molecule has 0 radical (unpaired) electrons. The number of carbonyl (C=O) groups is 1. The Morgan fingerprint density at radius 3 is 2.71 bits per heavy atom. The molecule has 2 N–H and O–H groups in total. The molecule has 4 heteroatoms. The molecule has 1 aliphatic rings. The summed E-state index contributed by atoms with van der Waals surface area (Å²) in [6, 6.07) is 2.17. The Kier molecular flexibility index (Phi) is 1.98. The van der Waals surface area contributed by atoms with Gasteiger partial charge in [-0.15, -0.1) is 0 Å². The second kappa shape index (κ2) is 3.04. The summed E-state index contributed by atoms with van der Waals surface area (Å²) < 4.78 is 1.77. The molecule has 2 rings (SSSR count). The number of aromatic nitrogens is 1. The fourth-order valence-electron chi connectivity index (χ4n) is 1.61. The highest BCUT2D eigenvalue weighted by molar-refractivity contribution is 5.94. The van der Waals surface area contributed by atoms with Crippen LogP contribution in [0.2, 0.25) is 0 Å². The molecule has 1 amide bonds. The quantitative estimate of drug-likeness (QED) is 0.756. The smallest absolute Gasteiger partial charge is 0.270 e. The number of hydrogen-bond acceptors (Lipinski definition) is 2. The minimum absolute atomic E-state index is 0.0618. The number of anilines is 1. The van der Waals surface area contributed by atoms with Crippen molar-refractivity contribution in [3.8, 4) is 0 Å². The molecule has 1 aromatic rings. The Labute approximate surface area is 83.3 Å². The summed E-state index contributed by atoms with van der Waals surface area (Å²) in [7, 11) is 3.69. The maximum atomic E-state index is 11.9. The summed E-state index contributed by atoms with van der Waals surface area (Å²) in [4.78, 5) is 13.7. The van der Waals surface area contributed by atoms with Crippen LogP contribution in [0.4, 0.5) is 5.69 Å². The van der Waals surface area contributed by atoms with Crippen LogP contribution in [0.1, 0.15) is 23.3 Å². The Morgan fingerprint density at radius 2 is 2.29 bits per heavy atom. The summed E-state index contributed by atoms with van der Waals surface area (Å²) in [5.41, 5.74) is 6.92. The van der Waals surface area contributed by atoms with Gasteiger partial charge in [-0.05, 0) is 18.9 Å². The molecule has 4 nitrogen and oxygen atoms in total. The fourth-order valence-corrected chi connectivity index (χ4v) is 1.61. The molecule has 0 atom stereocenters. The van der Waals surface area contributed by atoms with E-state index in [1.807, 2.05) is 14.1 Å². The summed E-state index contributed by atoms with van der Waals surface area (Å²) in [5.74, 6) is 0.0618. The fraction of sp³-hybridized carbons (Fsp3) is 0.500. The van der Waals surface area contributed by atoms with Crippen molar-refractivity contribution in [3.05, 3.63) is 18.0 Å². The van der Waals surface area contributed by atoms with E-state index in [0.717, 1.165) is 12.8 Å². The minimum atomic E-state index is 0.0618. The van der Waals surface area contributed by atoms with Gasteiger partial charge in [0, 0.05) is 26.3 Å². The van der Waals surface area contributed by atoms with Gasteiger partial charge in [-0.3, -0.25) is 4.79 Å². The normalized spacial score (nSPS) is 15.6. The molecule has 0 unspecified atom stereocenters. The first kappa shape index (κ1) is 9.12. The number of amides is 1. The van der Waals surface area contributed by atoms with Crippen molar-refractivity contribution in [3.63, 3.8) is 0 Å². The molecular weight excluding hydrogens is 178 g/mol. The van der Waals surface area contributed by atoms with Crippen LogP contribution < -0.4 is 5.73 Å². The first-order valence-electron chi connectivity index (χ1n) is 4.78. The van der Waals surface area contributed by atoms with Gasteiger partial charge in [-0.25, -0.2) is 0 Å². The predicted molar refractivity (Wildman–Crippen MR) is 54.9 cm³/mol. The van der Waals surface area contributed by atoms with Crippen LogP contribution in [0.15, 0.2) is 12.3 Å². The number of aryl methyl sites for hydroxylation is 1. The van der Waals surface area contributed by atoms with E-state index < -0.39 is 0 Å². The van der Waals surface area contributed by atoms with E-state index in [1.54, 1.807) is 21.7 Å². The summed E-state index contributed by atoms with van der Waals surface area (Å²) in [5, 5.41) is 0. The highest BCUT2D eigenvalue weighted by Gasteiger charge is 2.30.